The van der Waals surface area contributed by atoms with Crippen molar-refractivity contribution in [3.05, 3.63) is 29.8 Å². The van der Waals surface area contributed by atoms with Gasteiger partial charge in [-0.1, -0.05) is 18.6 Å². The second kappa shape index (κ2) is 8.42. The molecule has 5 heteroatoms. The molecule has 1 saturated carbocycles. The molecule has 1 N–H and O–H groups in total. The van der Waals surface area contributed by atoms with E-state index in [0.29, 0.717) is 18.9 Å². The normalized spacial score (nSPS) is 25.1. The number of nitrogens with zero attached hydrogens (tertiary/aromatic N) is 2. The highest BCUT2D eigenvalue weighted by Crippen LogP contribution is 2.46. The van der Waals surface area contributed by atoms with Gasteiger partial charge >= 0.3 is 0 Å². The number of likely N-dealkylation sites (tertiary alicyclic amines) is 2. The molecule has 5 nitrogen and oxygen atoms in total. The van der Waals surface area contributed by atoms with Crippen LogP contribution in [0.3, 0.4) is 0 Å². The van der Waals surface area contributed by atoms with Crippen LogP contribution < -0.4 is 4.74 Å². The molecule has 1 aromatic carbocycles. The van der Waals surface area contributed by atoms with Crippen molar-refractivity contribution in [1.29, 1.82) is 0 Å². The van der Waals surface area contributed by atoms with Crippen LogP contribution in [0.15, 0.2) is 24.3 Å². The van der Waals surface area contributed by atoms with E-state index in [2.05, 4.69) is 4.90 Å². The van der Waals surface area contributed by atoms with Gasteiger partial charge in [-0.3, -0.25) is 9.69 Å². The third-order valence-electron chi connectivity index (χ3n) is 7.35. The first-order chi connectivity index (χ1) is 13.6. The molecule has 154 valence electrons. The minimum Gasteiger partial charge on any atom is -0.494 e. The molecule has 1 aromatic rings. The average Bonchev–Trinajstić information content (AvgIpc) is 3.00. The number of rotatable bonds is 6. The highest BCUT2D eigenvalue weighted by atomic mass is 16.5. The summed E-state index contributed by atoms with van der Waals surface area (Å²) in [5, 5.41) is 9.99. The number of amides is 1. The van der Waals surface area contributed by atoms with Crippen LogP contribution in [0.4, 0.5) is 0 Å². The number of hydrogen-bond donors (Lipinski definition) is 1. The van der Waals surface area contributed by atoms with Crippen molar-refractivity contribution in [2.75, 3.05) is 39.4 Å². The van der Waals surface area contributed by atoms with E-state index in [-0.39, 0.29) is 17.9 Å². The van der Waals surface area contributed by atoms with Crippen molar-refractivity contribution >= 4 is 5.91 Å². The SMILES string of the molecule is CCOc1ccc(CC(=O)N2CCC3(CC2)CN(C2CCC2)CC3CO)cc1. The first-order valence-electron chi connectivity index (χ1n) is 11.0. The summed E-state index contributed by atoms with van der Waals surface area (Å²) in [7, 11) is 0. The third-order valence-corrected chi connectivity index (χ3v) is 7.35. The van der Waals surface area contributed by atoms with Crippen LogP contribution in [-0.4, -0.2) is 66.2 Å². The van der Waals surface area contributed by atoms with Crippen LogP contribution in [0.25, 0.3) is 0 Å². The predicted octanol–water partition coefficient (Wildman–Crippen LogP) is 2.71. The molecule has 0 aromatic heterocycles. The molecule has 1 atom stereocenters. The summed E-state index contributed by atoms with van der Waals surface area (Å²) in [6, 6.07) is 8.61. The van der Waals surface area contributed by atoms with Crippen molar-refractivity contribution in [3.63, 3.8) is 0 Å². The highest BCUT2D eigenvalue weighted by molar-refractivity contribution is 5.79. The number of aliphatic hydroxyl groups is 1. The summed E-state index contributed by atoms with van der Waals surface area (Å²) in [6.45, 7) is 6.71. The molecule has 3 fully saturated rings. The molecular formula is C23H34N2O3. The summed E-state index contributed by atoms with van der Waals surface area (Å²) in [4.78, 5) is 17.5. The molecule has 1 spiro atoms. The number of carbonyl (C=O) groups excluding carboxylic acids is 1. The summed E-state index contributed by atoms with van der Waals surface area (Å²) >= 11 is 0. The Bertz CT molecular complexity index is 663. The lowest BCUT2D eigenvalue weighted by Crippen LogP contribution is -2.48. The summed E-state index contributed by atoms with van der Waals surface area (Å²) < 4.78 is 5.47. The molecule has 2 aliphatic heterocycles. The lowest BCUT2D eigenvalue weighted by Gasteiger charge is -2.43. The van der Waals surface area contributed by atoms with E-state index < -0.39 is 0 Å². The zero-order valence-corrected chi connectivity index (χ0v) is 17.1. The summed E-state index contributed by atoms with van der Waals surface area (Å²) in [5.41, 5.74) is 1.25. The quantitative estimate of drug-likeness (QED) is 0.817. The zero-order chi connectivity index (χ0) is 19.6. The van der Waals surface area contributed by atoms with Gasteiger partial charge in [-0.25, -0.2) is 0 Å². The van der Waals surface area contributed by atoms with E-state index in [9.17, 15) is 9.90 Å². The lowest BCUT2D eigenvalue weighted by atomic mass is 9.71. The van der Waals surface area contributed by atoms with Crippen LogP contribution >= 0.6 is 0 Å². The Balaban J connectivity index is 1.32. The van der Waals surface area contributed by atoms with Crippen LogP contribution in [-0.2, 0) is 11.2 Å². The highest BCUT2D eigenvalue weighted by Gasteiger charge is 2.49. The number of carbonyl (C=O) groups is 1. The molecule has 0 bridgehead atoms. The average molecular weight is 387 g/mol. The molecule has 1 amide bonds. The maximum atomic E-state index is 12.8. The lowest BCUT2D eigenvalue weighted by molar-refractivity contribution is -0.133. The van der Waals surface area contributed by atoms with Crippen molar-refractivity contribution in [2.24, 2.45) is 11.3 Å². The number of aliphatic hydroxyl groups excluding tert-OH is 1. The Labute approximate surface area is 168 Å². The number of benzene rings is 1. The van der Waals surface area contributed by atoms with Crippen molar-refractivity contribution < 1.29 is 14.6 Å². The van der Waals surface area contributed by atoms with Crippen LogP contribution in [0.2, 0.25) is 0 Å². The van der Waals surface area contributed by atoms with Crippen LogP contribution in [0.1, 0.15) is 44.6 Å². The van der Waals surface area contributed by atoms with Crippen LogP contribution in [0.5, 0.6) is 5.75 Å². The molecule has 28 heavy (non-hydrogen) atoms. The van der Waals surface area contributed by atoms with Gasteiger partial charge in [0.1, 0.15) is 5.75 Å². The molecule has 0 radical (unpaired) electrons. The van der Waals surface area contributed by atoms with Gasteiger partial charge < -0.3 is 14.7 Å². The van der Waals surface area contributed by atoms with Gasteiger partial charge in [-0.05, 0) is 55.7 Å². The Hall–Kier alpha value is -1.59. The molecule has 1 aliphatic carbocycles. The minimum atomic E-state index is 0.209. The number of piperidine rings is 1. The molecule has 4 rings (SSSR count). The minimum absolute atomic E-state index is 0.209. The van der Waals surface area contributed by atoms with Gasteiger partial charge in [0, 0.05) is 44.7 Å². The monoisotopic (exact) mass is 386 g/mol. The fourth-order valence-corrected chi connectivity index (χ4v) is 5.28. The van der Waals surface area contributed by atoms with Gasteiger partial charge in [-0.15, -0.1) is 0 Å². The smallest absolute Gasteiger partial charge is 0.226 e. The Morgan fingerprint density at radius 2 is 1.93 bits per heavy atom. The first-order valence-corrected chi connectivity index (χ1v) is 11.0. The predicted molar refractivity (Wildman–Crippen MR) is 109 cm³/mol. The zero-order valence-electron chi connectivity index (χ0n) is 17.1. The first kappa shape index (κ1) is 19.7. The largest absolute Gasteiger partial charge is 0.494 e. The van der Waals surface area contributed by atoms with Crippen molar-refractivity contribution in [1.82, 2.24) is 9.80 Å². The maximum Gasteiger partial charge on any atom is 0.226 e. The second-order valence-corrected chi connectivity index (χ2v) is 8.89. The van der Waals surface area contributed by atoms with E-state index >= 15 is 0 Å². The fourth-order valence-electron chi connectivity index (χ4n) is 5.28. The topological polar surface area (TPSA) is 53.0 Å². The Morgan fingerprint density at radius 1 is 1.21 bits per heavy atom. The van der Waals surface area contributed by atoms with Crippen molar-refractivity contribution in [2.45, 2.75) is 51.5 Å². The third kappa shape index (κ3) is 3.92. The number of ether oxygens (including phenoxy) is 1. The molecule has 1 unspecified atom stereocenters. The van der Waals surface area contributed by atoms with E-state index in [1.54, 1.807) is 0 Å². The molecular weight excluding hydrogens is 352 g/mol. The standard InChI is InChI=1S/C23H34N2O3/c1-2-28-21-8-6-18(7-9-21)14-22(27)24-12-10-23(11-13-24)17-25(15-19(23)16-26)20-4-3-5-20/h6-9,19-20,26H,2-5,10-17H2,1H3. The fraction of sp³-hybridized carbons (Fsp3) is 0.696. The second-order valence-electron chi connectivity index (χ2n) is 8.89. The van der Waals surface area contributed by atoms with Crippen molar-refractivity contribution in [3.8, 4) is 5.75 Å². The van der Waals surface area contributed by atoms with Gasteiger partial charge in [0.2, 0.25) is 5.91 Å². The molecule has 2 saturated heterocycles. The van der Waals surface area contributed by atoms with E-state index in [4.69, 9.17) is 4.74 Å². The van der Waals surface area contributed by atoms with E-state index in [1.165, 1.54) is 19.3 Å². The van der Waals surface area contributed by atoms with E-state index in [0.717, 1.165) is 56.4 Å². The van der Waals surface area contributed by atoms with E-state index in [1.807, 2.05) is 36.1 Å². The maximum absolute atomic E-state index is 12.8. The number of hydrogen-bond acceptors (Lipinski definition) is 4. The van der Waals surface area contributed by atoms with Crippen LogP contribution in [0, 0.1) is 11.3 Å². The van der Waals surface area contributed by atoms with Gasteiger partial charge in [0.25, 0.3) is 0 Å². The Morgan fingerprint density at radius 3 is 2.50 bits per heavy atom. The summed E-state index contributed by atoms with van der Waals surface area (Å²) in [5.74, 6) is 1.44. The molecule has 2 heterocycles. The van der Waals surface area contributed by atoms with Gasteiger partial charge in [0.05, 0.1) is 13.0 Å². The Kier molecular flexibility index (Phi) is 5.93. The summed E-state index contributed by atoms with van der Waals surface area (Å²) in [6.07, 6.45) is 6.50. The van der Waals surface area contributed by atoms with Gasteiger partial charge in [0.15, 0.2) is 0 Å². The molecule has 3 aliphatic rings. The van der Waals surface area contributed by atoms with Gasteiger partial charge in [-0.2, -0.15) is 0 Å².